The average molecular weight is 463 g/mol. The summed E-state index contributed by atoms with van der Waals surface area (Å²) in [5.41, 5.74) is 1.22. The van der Waals surface area contributed by atoms with Crippen LogP contribution in [-0.2, 0) is 9.59 Å². The number of aromatic carboxylic acids is 2. The first-order valence-corrected chi connectivity index (χ1v) is 9.24. The number of rotatable bonds is 6. The molecular weight excluding hydrogens is 441 g/mol. The second-order valence-corrected chi connectivity index (χ2v) is 6.82. The van der Waals surface area contributed by atoms with E-state index >= 15 is 0 Å². The van der Waals surface area contributed by atoms with Crippen LogP contribution < -0.4 is 19.7 Å². The Kier molecular flexibility index (Phi) is 11.8. The van der Waals surface area contributed by atoms with Crippen LogP contribution in [0.15, 0.2) is 60.7 Å². The first-order chi connectivity index (χ1) is 14.9. The molecule has 2 aromatic rings. The molecule has 0 heterocycles. The SMILES string of the molecule is C=C(C)C(=O)Oc1c(C)cccc1C(=O)[O-].C=C(C)C(=O)Oc1c(C)cccc1C(=O)[O-].[Mg+2]. The zero-order valence-electron chi connectivity index (χ0n) is 18.9. The molecule has 0 unspecified atom stereocenters. The van der Waals surface area contributed by atoms with Crippen molar-refractivity contribution in [2.45, 2.75) is 27.7 Å². The maximum Gasteiger partial charge on any atom is 2.00 e. The van der Waals surface area contributed by atoms with Crippen molar-refractivity contribution in [3.8, 4) is 11.5 Å². The summed E-state index contributed by atoms with van der Waals surface area (Å²) in [6.45, 7) is 13.1. The molecule has 0 atom stereocenters. The predicted octanol–water partition coefficient (Wildman–Crippen LogP) is 1.30. The molecule has 33 heavy (non-hydrogen) atoms. The number of para-hydroxylation sites is 2. The summed E-state index contributed by atoms with van der Waals surface area (Å²) in [5.74, 6) is -4.05. The Morgan fingerprint density at radius 3 is 1.24 bits per heavy atom. The zero-order chi connectivity index (χ0) is 24.6. The van der Waals surface area contributed by atoms with Gasteiger partial charge in [-0.3, -0.25) is 0 Å². The van der Waals surface area contributed by atoms with E-state index in [1.54, 1.807) is 38.1 Å². The number of hydrogen-bond acceptors (Lipinski definition) is 8. The maximum atomic E-state index is 11.3. The number of benzene rings is 2. The Hall–Kier alpha value is -3.43. The third-order valence-electron chi connectivity index (χ3n) is 3.95. The number of carbonyl (C=O) groups excluding carboxylic acids is 4. The smallest absolute Gasteiger partial charge is 0.545 e. The number of esters is 2. The fourth-order valence-corrected chi connectivity index (χ4v) is 2.26. The van der Waals surface area contributed by atoms with Gasteiger partial charge in [0.15, 0.2) is 0 Å². The molecule has 0 spiro atoms. The fraction of sp³-hybridized carbons (Fsp3) is 0.167. The van der Waals surface area contributed by atoms with E-state index in [2.05, 4.69) is 13.2 Å². The molecule has 8 nitrogen and oxygen atoms in total. The Morgan fingerprint density at radius 2 is 1.00 bits per heavy atom. The van der Waals surface area contributed by atoms with Gasteiger partial charge >= 0.3 is 35.0 Å². The average Bonchev–Trinajstić information content (AvgIpc) is 2.70. The van der Waals surface area contributed by atoms with Gasteiger partial charge in [-0.2, -0.15) is 0 Å². The molecule has 0 aromatic heterocycles. The Morgan fingerprint density at radius 1 is 0.697 bits per heavy atom. The van der Waals surface area contributed by atoms with Gasteiger partial charge in [0.25, 0.3) is 0 Å². The van der Waals surface area contributed by atoms with Crippen LogP contribution in [0.2, 0.25) is 0 Å². The van der Waals surface area contributed by atoms with Crippen LogP contribution in [0.1, 0.15) is 45.7 Å². The van der Waals surface area contributed by atoms with Crippen molar-refractivity contribution in [2.75, 3.05) is 0 Å². The normalized spacial score (nSPS) is 9.33. The Bertz CT molecular complexity index is 1010. The predicted molar refractivity (Wildman–Crippen MR) is 118 cm³/mol. The topological polar surface area (TPSA) is 133 Å². The summed E-state index contributed by atoms with van der Waals surface area (Å²) < 4.78 is 9.88. The van der Waals surface area contributed by atoms with E-state index < -0.39 is 23.9 Å². The van der Waals surface area contributed by atoms with E-state index in [0.29, 0.717) is 11.1 Å². The van der Waals surface area contributed by atoms with Gasteiger partial charge in [0, 0.05) is 22.3 Å². The summed E-state index contributed by atoms with van der Waals surface area (Å²) >= 11 is 0. The van der Waals surface area contributed by atoms with E-state index in [9.17, 15) is 29.4 Å². The second kappa shape index (κ2) is 13.2. The molecule has 0 aliphatic rings. The van der Waals surface area contributed by atoms with Crippen molar-refractivity contribution in [3.05, 3.63) is 83.0 Å². The zero-order valence-corrected chi connectivity index (χ0v) is 20.3. The monoisotopic (exact) mass is 462 g/mol. The van der Waals surface area contributed by atoms with Crippen LogP contribution in [0.25, 0.3) is 0 Å². The summed E-state index contributed by atoms with van der Waals surface area (Å²) in [4.78, 5) is 44.2. The molecule has 0 bridgehead atoms. The molecule has 0 aliphatic carbocycles. The van der Waals surface area contributed by atoms with Gasteiger partial charge in [0.2, 0.25) is 0 Å². The maximum absolute atomic E-state index is 11.3. The van der Waals surface area contributed by atoms with Crippen LogP contribution >= 0.6 is 0 Å². The van der Waals surface area contributed by atoms with Gasteiger partial charge in [-0.05, 0) is 51.0 Å². The minimum atomic E-state index is -1.38. The molecule has 9 heteroatoms. The Labute approximate surface area is 207 Å². The van der Waals surface area contributed by atoms with Gasteiger partial charge in [-0.15, -0.1) is 0 Å². The summed E-state index contributed by atoms with van der Waals surface area (Å²) in [5, 5.41) is 21.6. The molecule has 0 saturated heterocycles. The Balaban J connectivity index is 0.000000602. The van der Waals surface area contributed by atoms with Gasteiger partial charge in [-0.1, -0.05) is 37.4 Å². The van der Waals surface area contributed by atoms with Crippen LogP contribution in [0, 0.1) is 13.8 Å². The fourth-order valence-electron chi connectivity index (χ4n) is 2.26. The molecule has 0 fully saturated rings. The molecule has 0 N–H and O–H groups in total. The number of aryl methyl sites for hydroxylation is 2. The van der Waals surface area contributed by atoms with Crippen LogP contribution in [0.3, 0.4) is 0 Å². The molecule has 168 valence electrons. The molecule has 0 radical (unpaired) electrons. The molecular formula is C24H22MgO8. The van der Waals surface area contributed by atoms with Gasteiger partial charge in [-0.25, -0.2) is 9.59 Å². The van der Waals surface area contributed by atoms with Crippen LogP contribution in [-0.4, -0.2) is 46.9 Å². The molecule has 2 aromatic carbocycles. The molecule has 2 rings (SSSR count). The number of carboxylic acid groups (broad SMARTS) is 2. The first-order valence-electron chi connectivity index (χ1n) is 9.24. The van der Waals surface area contributed by atoms with Gasteiger partial charge in [0.05, 0.1) is 11.9 Å². The number of hydrogen-bond donors (Lipinski definition) is 0. The largest absolute Gasteiger partial charge is 2.00 e. The van der Waals surface area contributed by atoms with E-state index in [1.165, 1.54) is 26.0 Å². The second-order valence-electron chi connectivity index (χ2n) is 6.82. The standard InChI is InChI=1S/2C12H12O4.Mg/c2*1-7(2)12(15)16-10-8(3)5-4-6-9(10)11(13)14;/h2*4-6H,1H2,2-3H3,(H,13,14);/q;;+2/p-2. The van der Waals surface area contributed by atoms with Crippen LogP contribution in [0.4, 0.5) is 0 Å². The van der Waals surface area contributed by atoms with Crippen molar-refractivity contribution >= 4 is 46.9 Å². The minimum absolute atomic E-state index is 0. The number of carboxylic acids is 2. The van der Waals surface area contributed by atoms with Crippen molar-refractivity contribution in [3.63, 3.8) is 0 Å². The van der Waals surface area contributed by atoms with Crippen molar-refractivity contribution in [1.82, 2.24) is 0 Å². The van der Waals surface area contributed by atoms with E-state index in [0.717, 1.165) is 0 Å². The third kappa shape index (κ3) is 8.55. The van der Waals surface area contributed by atoms with Gasteiger partial charge in [0.1, 0.15) is 11.5 Å². The van der Waals surface area contributed by atoms with E-state index in [-0.39, 0.29) is 56.8 Å². The molecule has 0 saturated carbocycles. The molecule has 0 amide bonds. The quantitative estimate of drug-likeness (QED) is 0.271. The van der Waals surface area contributed by atoms with Crippen molar-refractivity contribution in [1.29, 1.82) is 0 Å². The molecule has 0 aliphatic heterocycles. The first kappa shape index (κ1) is 29.6. The summed E-state index contributed by atoms with van der Waals surface area (Å²) in [6.07, 6.45) is 0. The van der Waals surface area contributed by atoms with Crippen molar-refractivity contribution < 1.29 is 38.9 Å². The number of carbonyl (C=O) groups is 4. The number of ether oxygens (including phenoxy) is 2. The van der Waals surface area contributed by atoms with E-state index in [1.807, 2.05) is 0 Å². The summed E-state index contributed by atoms with van der Waals surface area (Å²) in [7, 11) is 0. The third-order valence-corrected chi connectivity index (χ3v) is 3.95. The van der Waals surface area contributed by atoms with Crippen LogP contribution in [0.5, 0.6) is 11.5 Å². The minimum Gasteiger partial charge on any atom is -0.545 e. The van der Waals surface area contributed by atoms with Crippen molar-refractivity contribution in [2.24, 2.45) is 0 Å². The van der Waals surface area contributed by atoms with E-state index in [4.69, 9.17) is 9.47 Å². The summed E-state index contributed by atoms with van der Waals surface area (Å²) in [6, 6.07) is 9.05. The van der Waals surface area contributed by atoms with Gasteiger partial charge < -0.3 is 29.3 Å².